The van der Waals surface area contributed by atoms with E-state index in [1.165, 1.54) is 12.8 Å². The fraction of sp³-hybridized carbons (Fsp3) is 0.500. The van der Waals surface area contributed by atoms with Gasteiger partial charge in [-0.1, -0.05) is 6.07 Å². The summed E-state index contributed by atoms with van der Waals surface area (Å²) in [6.07, 6.45) is 4.77. The smallest absolute Gasteiger partial charge is 0.134 e. The molecule has 0 radical (unpaired) electrons. The van der Waals surface area contributed by atoms with Crippen LogP contribution in [0.5, 0.6) is 0 Å². The normalized spacial score (nSPS) is 15.7. The molecule has 3 nitrogen and oxygen atoms in total. The highest BCUT2D eigenvalue weighted by atomic mass is 16.1. The molecule has 1 aliphatic rings. The van der Waals surface area contributed by atoms with Crippen molar-refractivity contribution in [1.82, 2.24) is 4.98 Å². The van der Waals surface area contributed by atoms with Crippen LogP contribution in [0.3, 0.4) is 0 Å². The second kappa shape index (κ2) is 4.43. The van der Waals surface area contributed by atoms with E-state index in [9.17, 15) is 4.79 Å². The lowest BCUT2D eigenvalue weighted by Gasteiger charge is -2.19. The number of ketones is 1. The third-order valence-corrected chi connectivity index (χ3v) is 2.71. The molecule has 2 heterocycles. The van der Waals surface area contributed by atoms with Crippen LogP contribution in [-0.4, -0.2) is 23.9 Å². The fourth-order valence-electron chi connectivity index (χ4n) is 2.05. The van der Waals surface area contributed by atoms with Gasteiger partial charge < -0.3 is 4.90 Å². The number of nitrogens with zero attached hydrogens (tertiary/aromatic N) is 2. The van der Waals surface area contributed by atoms with Gasteiger partial charge in [-0.25, -0.2) is 4.98 Å². The molecule has 0 unspecified atom stereocenters. The molecule has 0 aromatic carbocycles. The number of anilines is 1. The van der Waals surface area contributed by atoms with E-state index < -0.39 is 0 Å². The number of carbonyl (C=O) groups excluding carboxylic acids is 1. The molecule has 80 valence electrons. The van der Waals surface area contributed by atoms with E-state index in [1.54, 1.807) is 13.1 Å². The number of hydrogen-bond donors (Lipinski definition) is 0. The Labute approximate surface area is 90.1 Å². The van der Waals surface area contributed by atoms with Gasteiger partial charge in [-0.2, -0.15) is 0 Å². The number of hydrogen-bond acceptors (Lipinski definition) is 3. The maximum absolute atomic E-state index is 11.1. The van der Waals surface area contributed by atoms with Gasteiger partial charge in [0, 0.05) is 31.3 Å². The largest absolute Gasteiger partial charge is 0.356 e. The molecule has 1 aliphatic heterocycles. The van der Waals surface area contributed by atoms with Crippen LogP contribution < -0.4 is 4.90 Å². The summed E-state index contributed by atoms with van der Waals surface area (Å²) in [6, 6.07) is 3.90. The topological polar surface area (TPSA) is 33.2 Å². The second-order valence-corrected chi connectivity index (χ2v) is 4.06. The average molecular weight is 204 g/mol. The molecule has 2 rings (SSSR count). The van der Waals surface area contributed by atoms with Gasteiger partial charge in [-0.05, 0) is 25.8 Å². The van der Waals surface area contributed by atoms with Crippen LogP contribution in [-0.2, 0) is 11.2 Å². The van der Waals surface area contributed by atoms with Crippen molar-refractivity contribution in [3.05, 3.63) is 23.9 Å². The predicted molar refractivity (Wildman–Crippen MR) is 60.1 cm³/mol. The third-order valence-electron chi connectivity index (χ3n) is 2.71. The first-order valence-electron chi connectivity index (χ1n) is 5.45. The Morgan fingerprint density at radius 1 is 1.47 bits per heavy atom. The second-order valence-electron chi connectivity index (χ2n) is 4.06. The van der Waals surface area contributed by atoms with E-state index in [-0.39, 0.29) is 5.78 Å². The van der Waals surface area contributed by atoms with Crippen LogP contribution in [0, 0.1) is 0 Å². The van der Waals surface area contributed by atoms with Gasteiger partial charge >= 0.3 is 0 Å². The maximum Gasteiger partial charge on any atom is 0.134 e. The zero-order valence-corrected chi connectivity index (χ0v) is 9.07. The van der Waals surface area contributed by atoms with E-state index in [4.69, 9.17) is 0 Å². The monoisotopic (exact) mass is 204 g/mol. The molecule has 1 aromatic rings. The Morgan fingerprint density at radius 3 is 2.87 bits per heavy atom. The number of aromatic nitrogens is 1. The Kier molecular flexibility index (Phi) is 2.99. The van der Waals surface area contributed by atoms with E-state index in [1.807, 2.05) is 12.1 Å². The van der Waals surface area contributed by atoms with Crippen molar-refractivity contribution in [2.75, 3.05) is 18.0 Å². The van der Waals surface area contributed by atoms with Crippen LogP contribution in [0.4, 0.5) is 5.82 Å². The lowest BCUT2D eigenvalue weighted by Crippen LogP contribution is -2.21. The number of rotatable bonds is 3. The molecular weight excluding hydrogens is 188 g/mol. The van der Waals surface area contributed by atoms with Gasteiger partial charge in [-0.15, -0.1) is 0 Å². The van der Waals surface area contributed by atoms with Crippen LogP contribution in [0.1, 0.15) is 25.3 Å². The summed E-state index contributed by atoms with van der Waals surface area (Å²) in [6.45, 7) is 3.77. The summed E-state index contributed by atoms with van der Waals surface area (Å²) in [5.74, 6) is 1.20. The highest BCUT2D eigenvalue weighted by molar-refractivity contribution is 5.79. The zero-order valence-electron chi connectivity index (χ0n) is 9.07. The van der Waals surface area contributed by atoms with Gasteiger partial charge in [-0.3, -0.25) is 4.79 Å². The van der Waals surface area contributed by atoms with Gasteiger partial charge in [0.25, 0.3) is 0 Å². The summed E-state index contributed by atoms with van der Waals surface area (Å²) in [4.78, 5) is 17.8. The lowest BCUT2D eigenvalue weighted by molar-refractivity contribution is -0.116. The minimum absolute atomic E-state index is 0.198. The Morgan fingerprint density at radius 2 is 2.20 bits per heavy atom. The molecule has 1 aromatic heterocycles. The maximum atomic E-state index is 11.1. The van der Waals surface area contributed by atoms with Crippen molar-refractivity contribution in [3.63, 3.8) is 0 Å². The SMILES string of the molecule is CC(=O)Cc1cccnc1N1CCCC1. The van der Waals surface area contributed by atoms with E-state index in [2.05, 4.69) is 9.88 Å². The molecule has 0 bridgehead atoms. The Bertz CT molecular complexity index is 356. The molecule has 0 atom stereocenters. The first kappa shape index (κ1) is 10.1. The minimum Gasteiger partial charge on any atom is -0.356 e. The van der Waals surface area contributed by atoms with Crippen LogP contribution in [0.25, 0.3) is 0 Å². The van der Waals surface area contributed by atoms with E-state index in [0.29, 0.717) is 6.42 Å². The van der Waals surface area contributed by atoms with Crippen LogP contribution in [0.15, 0.2) is 18.3 Å². The zero-order chi connectivity index (χ0) is 10.7. The Balaban J connectivity index is 2.24. The first-order chi connectivity index (χ1) is 7.27. The van der Waals surface area contributed by atoms with Gasteiger partial charge in [0.1, 0.15) is 11.6 Å². The van der Waals surface area contributed by atoms with Crippen molar-refractivity contribution in [3.8, 4) is 0 Å². The summed E-state index contributed by atoms with van der Waals surface area (Å²) < 4.78 is 0. The van der Waals surface area contributed by atoms with Gasteiger partial charge in [0.05, 0.1) is 0 Å². The van der Waals surface area contributed by atoms with E-state index >= 15 is 0 Å². The minimum atomic E-state index is 0.198. The fourth-order valence-corrected chi connectivity index (χ4v) is 2.05. The molecule has 0 N–H and O–H groups in total. The van der Waals surface area contributed by atoms with E-state index in [0.717, 1.165) is 24.5 Å². The van der Waals surface area contributed by atoms with Crippen LogP contribution >= 0.6 is 0 Å². The standard InChI is InChI=1S/C12H16N2O/c1-10(15)9-11-5-4-6-13-12(11)14-7-2-3-8-14/h4-6H,2-3,7-9H2,1H3. The third kappa shape index (κ3) is 2.35. The average Bonchev–Trinajstić information content (AvgIpc) is 2.70. The highest BCUT2D eigenvalue weighted by Crippen LogP contribution is 2.22. The number of Topliss-reactive ketones (excluding diaryl/α,β-unsaturated/α-hetero) is 1. The van der Waals surface area contributed by atoms with Crippen molar-refractivity contribution < 1.29 is 4.79 Å². The molecule has 1 saturated heterocycles. The van der Waals surface area contributed by atoms with Crippen molar-refractivity contribution in [2.24, 2.45) is 0 Å². The first-order valence-corrected chi connectivity index (χ1v) is 5.45. The van der Waals surface area contributed by atoms with Crippen molar-refractivity contribution in [2.45, 2.75) is 26.2 Å². The summed E-state index contributed by atoms with van der Waals surface area (Å²) in [5, 5.41) is 0. The lowest BCUT2D eigenvalue weighted by atomic mass is 10.1. The molecule has 0 aliphatic carbocycles. The molecule has 0 saturated carbocycles. The molecule has 0 amide bonds. The van der Waals surface area contributed by atoms with Gasteiger partial charge in [0.15, 0.2) is 0 Å². The van der Waals surface area contributed by atoms with Crippen LogP contribution in [0.2, 0.25) is 0 Å². The molecule has 1 fully saturated rings. The number of pyridine rings is 1. The summed E-state index contributed by atoms with van der Waals surface area (Å²) in [5.41, 5.74) is 1.06. The van der Waals surface area contributed by atoms with Crippen molar-refractivity contribution in [1.29, 1.82) is 0 Å². The number of carbonyl (C=O) groups is 1. The molecular formula is C12H16N2O. The highest BCUT2D eigenvalue weighted by Gasteiger charge is 2.16. The summed E-state index contributed by atoms with van der Waals surface area (Å²) in [7, 11) is 0. The quantitative estimate of drug-likeness (QED) is 0.753. The molecule has 3 heteroatoms. The predicted octanol–water partition coefficient (Wildman–Crippen LogP) is 1.81. The molecule has 15 heavy (non-hydrogen) atoms. The molecule has 0 spiro atoms. The van der Waals surface area contributed by atoms with Gasteiger partial charge in [0.2, 0.25) is 0 Å². The van der Waals surface area contributed by atoms with Crippen molar-refractivity contribution >= 4 is 11.6 Å². The summed E-state index contributed by atoms with van der Waals surface area (Å²) >= 11 is 0. The Hall–Kier alpha value is -1.38.